The number of esters is 2. The van der Waals surface area contributed by atoms with Gasteiger partial charge in [-0.25, -0.2) is 4.57 Å². The van der Waals surface area contributed by atoms with Gasteiger partial charge in [-0.15, -0.1) is 0 Å². The zero-order chi connectivity index (χ0) is 64.4. The maximum absolute atomic E-state index is 12.8. The fourth-order valence-corrected chi connectivity index (χ4v) is 13.5. The van der Waals surface area contributed by atoms with Gasteiger partial charge in [0.1, 0.15) is 6.61 Å². The Labute approximate surface area is 555 Å². The zero-order valence-electron chi connectivity index (χ0n) is 60.0. The van der Waals surface area contributed by atoms with Gasteiger partial charge in [-0.2, -0.15) is 0 Å². The Morgan fingerprint density at radius 1 is 0.326 bits per heavy atom. The molecule has 0 spiro atoms. The Hall–Kier alpha value is -1.25. The van der Waals surface area contributed by atoms with Crippen LogP contribution < -0.4 is 5.73 Å². The van der Waals surface area contributed by atoms with Gasteiger partial charge in [0.15, 0.2) is 6.10 Å². The molecule has 0 amide bonds. The summed E-state index contributed by atoms with van der Waals surface area (Å²) in [6.07, 6.45) is 93.7. The topological polar surface area (TPSA) is 134 Å². The van der Waals surface area contributed by atoms with E-state index < -0.39 is 26.5 Å². The van der Waals surface area contributed by atoms with Gasteiger partial charge in [0.25, 0.3) is 0 Å². The average molecular weight is 1280 g/mol. The summed E-state index contributed by atoms with van der Waals surface area (Å²) in [5.41, 5.74) is 5.41. The highest BCUT2D eigenvalue weighted by molar-refractivity contribution is 7.47. The number of carbonyl (C=O) groups excluding carboxylic acids is 2. The second-order valence-electron chi connectivity index (χ2n) is 27.7. The standard InChI is InChI=1S/C79H156NO8P/c1-3-5-7-9-11-13-15-17-19-21-23-25-27-29-31-33-34-35-36-37-38-39-40-41-42-44-45-47-49-51-53-55-57-59-61-63-65-67-69-71-78(81)85-75-77(76-87-89(83,84)86-74-73-80)88-79(82)72-70-68-66-64-62-60-58-56-54-52-50-48-46-43-32-30-28-26-24-22-20-18-16-14-12-10-8-6-4-2/h22,24,77H,3-21,23,25-76,80H2,1-2H3,(H,83,84)/b24-22-. The van der Waals surface area contributed by atoms with Gasteiger partial charge in [0, 0.05) is 19.4 Å². The van der Waals surface area contributed by atoms with E-state index >= 15 is 0 Å². The average Bonchev–Trinajstić information content (AvgIpc) is 3.68. The third kappa shape index (κ3) is 75.7. The largest absolute Gasteiger partial charge is 0.472 e. The highest BCUT2D eigenvalue weighted by atomic mass is 31.2. The Kier molecular flexibility index (Phi) is 74.7. The molecule has 0 aliphatic heterocycles. The van der Waals surface area contributed by atoms with Crippen LogP contribution in [0.2, 0.25) is 0 Å². The summed E-state index contributed by atoms with van der Waals surface area (Å²) in [4.78, 5) is 35.4. The van der Waals surface area contributed by atoms with Crippen molar-refractivity contribution >= 4 is 19.8 Å². The number of hydrogen-bond acceptors (Lipinski definition) is 8. The molecule has 0 aliphatic rings. The minimum Gasteiger partial charge on any atom is -0.462 e. The summed E-state index contributed by atoms with van der Waals surface area (Å²) < 4.78 is 33.3. The maximum Gasteiger partial charge on any atom is 0.472 e. The van der Waals surface area contributed by atoms with Crippen LogP contribution in [-0.2, 0) is 32.7 Å². The van der Waals surface area contributed by atoms with Crippen LogP contribution in [0.1, 0.15) is 450 Å². The molecule has 9 nitrogen and oxygen atoms in total. The fourth-order valence-electron chi connectivity index (χ4n) is 12.7. The first kappa shape index (κ1) is 87.8. The molecule has 0 saturated carbocycles. The molecule has 2 unspecified atom stereocenters. The molecule has 0 fully saturated rings. The second-order valence-corrected chi connectivity index (χ2v) is 29.1. The van der Waals surface area contributed by atoms with Crippen LogP contribution in [0.25, 0.3) is 0 Å². The number of unbranched alkanes of at least 4 members (excludes halogenated alkanes) is 63. The predicted octanol–water partition coefficient (Wildman–Crippen LogP) is 26.7. The van der Waals surface area contributed by atoms with Gasteiger partial charge < -0.3 is 20.1 Å². The lowest BCUT2D eigenvalue weighted by atomic mass is 10.0. The highest BCUT2D eigenvalue weighted by Gasteiger charge is 2.26. The minimum absolute atomic E-state index is 0.0578. The van der Waals surface area contributed by atoms with Gasteiger partial charge in [-0.3, -0.25) is 18.6 Å². The fraction of sp³-hybridized carbons (Fsp3) is 0.949. The molecule has 0 bridgehead atoms. The lowest BCUT2D eigenvalue weighted by molar-refractivity contribution is -0.161. The van der Waals surface area contributed by atoms with Gasteiger partial charge in [0.2, 0.25) is 0 Å². The maximum atomic E-state index is 12.8. The summed E-state index contributed by atoms with van der Waals surface area (Å²) in [6.45, 7) is 3.85. The van der Waals surface area contributed by atoms with Crippen LogP contribution >= 0.6 is 7.82 Å². The van der Waals surface area contributed by atoms with Crippen molar-refractivity contribution < 1.29 is 37.6 Å². The van der Waals surface area contributed by atoms with Crippen molar-refractivity contribution in [3.63, 3.8) is 0 Å². The van der Waals surface area contributed by atoms with E-state index in [2.05, 4.69) is 26.0 Å². The number of phosphoric acid groups is 1. The SMILES string of the molecule is CCCCCCCCCC/C=C\CCCCCCCCCCCCCCCCCCCC(=O)OC(COC(=O)CCCCCCCCCCCCCCCCCCCCCCCCCCCCCCCCCCCCCCCCC)COP(=O)(O)OCCN. The third-order valence-corrected chi connectivity index (χ3v) is 19.6. The molecule has 0 radical (unpaired) electrons. The van der Waals surface area contributed by atoms with Gasteiger partial charge in [-0.1, -0.05) is 411 Å². The molecule has 10 heteroatoms. The number of rotatable bonds is 78. The van der Waals surface area contributed by atoms with Crippen molar-refractivity contribution in [3.05, 3.63) is 12.2 Å². The highest BCUT2D eigenvalue weighted by Crippen LogP contribution is 2.43. The van der Waals surface area contributed by atoms with Gasteiger partial charge in [-0.05, 0) is 38.5 Å². The number of hydrogen-bond donors (Lipinski definition) is 2. The molecule has 3 N–H and O–H groups in total. The van der Waals surface area contributed by atoms with Crippen molar-refractivity contribution in [2.24, 2.45) is 5.73 Å². The molecule has 530 valence electrons. The van der Waals surface area contributed by atoms with Crippen LogP contribution in [0, 0.1) is 0 Å². The molecule has 0 aromatic heterocycles. The molecule has 89 heavy (non-hydrogen) atoms. The lowest BCUT2D eigenvalue weighted by Gasteiger charge is -2.19. The number of carbonyl (C=O) groups is 2. The van der Waals surface area contributed by atoms with E-state index in [1.165, 1.54) is 385 Å². The third-order valence-electron chi connectivity index (χ3n) is 18.7. The van der Waals surface area contributed by atoms with Crippen molar-refractivity contribution in [1.82, 2.24) is 0 Å². The number of allylic oxidation sites excluding steroid dienone is 2. The van der Waals surface area contributed by atoms with E-state index in [-0.39, 0.29) is 38.6 Å². The first-order valence-corrected chi connectivity index (χ1v) is 41.7. The van der Waals surface area contributed by atoms with Crippen LogP contribution in [-0.4, -0.2) is 49.3 Å². The van der Waals surface area contributed by atoms with Gasteiger partial charge in [0.05, 0.1) is 13.2 Å². The Bertz CT molecular complexity index is 1460. The first-order valence-electron chi connectivity index (χ1n) is 40.2. The summed E-state index contributed by atoms with van der Waals surface area (Å²) >= 11 is 0. The normalized spacial score (nSPS) is 12.8. The summed E-state index contributed by atoms with van der Waals surface area (Å²) in [5.74, 6) is -0.798. The first-order chi connectivity index (χ1) is 43.8. The molecule has 0 aromatic rings. The number of nitrogens with two attached hydrogens (primary N) is 1. The van der Waals surface area contributed by atoms with Crippen LogP contribution in [0.4, 0.5) is 0 Å². The molecule has 0 aromatic carbocycles. The molecular formula is C79H156NO8P. The smallest absolute Gasteiger partial charge is 0.462 e. The van der Waals surface area contributed by atoms with E-state index in [1.807, 2.05) is 0 Å². The number of phosphoric ester groups is 1. The summed E-state index contributed by atoms with van der Waals surface area (Å²) in [7, 11) is -4.39. The summed E-state index contributed by atoms with van der Waals surface area (Å²) in [6, 6.07) is 0. The molecule has 0 rings (SSSR count). The Morgan fingerprint density at radius 2 is 0.551 bits per heavy atom. The van der Waals surface area contributed by atoms with Crippen molar-refractivity contribution in [2.75, 3.05) is 26.4 Å². The molecular weight excluding hydrogens is 1120 g/mol. The Balaban J connectivity index is 3.72. The summed E-state index contributed by atoms with van der Waals surface area (Å²) in [5, 5.41) is 0. The Morgan fingerprint density at radius 3 is 0.798 bits per heavy atom. The lowest BCUT2D eigenvalue weighted by Crippen LogP contribution is -2.29. The molecule has 2 atom stereocenters. The molecule has 0 aliphatic carbocycles. The second kappa shape index (κ2) is 75.8. The van der Waals surface area contributed by atoms with Crippen LogP contribution in [0.3, 0.4) is 0 Å². The predicted molar refractivity (Wildman–Crippen MR) is 386 cm³/mol. The molecule has 0 saturated heterocycles. The zero-order valence-corrected chi connectivity index (χ0v) is 60.9. The monoisotopic (exact) mass is 1280 g/mol. The van der Waals surface area contributed by atoms with E-state index in [1.54, 1.807) is 0 Å². The van der Waals surface area contributed by atoms with Crippen molar-refractivity contribution in [1.29, 1.82) is 0 Å². The van der Waals surface area contributed by atoms with Crippen LogP contribution in [0.5, 0.6) is 0 Å². The van der Waals surface area contributed by atoms with Crippen molar-refractivity contribution in [2.45, 2.75) is 457 Å². The van der Waals surface area contributed by atoms with Crippen LogP contribution in [0.15, 0.2) is 12.2 Å². The minimum atomic E-state index is -4.39. The van der Waals surface area contributed by atoms with Gasteiger partial charge >= 0.3 is 19.8 Å². The quantitative estimate of drug-likeness (QED) is 0.0264. The van der Waals surface area contributed by atoms with E-state index in [0.29, 0.717) is 6.42 Å². The van der Waals surface area contributed by atoms with E-state index in [0.717, 1.165) is 32.1 Å². The van der Waals surface area contributed by atoms with E-state index in [4.69, 9.17) is 24.3 Å². The van der Waals surface area contributed by atoms with E-state index in [9.17, 15) is 19.0 Å². The number of ether oxygens (including phenoxy) is 2. The van der Waals surface area contributed by atoms with Crippen molar-refractivity contribution in [3.8, 4) is 0 Å². The molecule has 0 heterocycles.